The highest BCUT2D eigenvalue weighted by Crippen LogP contribution is 2.25. The lowest BCUT2D eigenvalue weighted by molar-refractivity contribution is 0.0782. The van der Waals surface area contributed by atoms with Crippen molar-refractivity contribution in [2.75, 3.05) is 64.4 Å². The molecule has 0 saturated carbocycles. The van der Waals surface area contributed by atoms with Crippen molar-refractivity contribution in [1.29, 1.82) is 0 Å². The van der Waals surface area contributed by atoms with Crippen LogP contribution in [0.2, 0.25) is 0 Å². The number of amides is 1. The van der Waals surface area contributed by atoms with E-state index >= 15 is 0 Å². The van der Waals surface area contributed by atoms with E-state index < -0.39 is 0 Å². The fraction of sp³-hybridized carbons (Fsp3) is 0.412. The number of imidazole rings is 1. The highest BCUT2D eigenvalue weighted by atomic mass is 16.5. The first-order valence-electron chi connectivity index (χ1n) is 15.0. The molecular formula is C34H43N5O2. The molecule has 5 rings (SSSR count). The number of likely N-dealkylation sites (N-methyl/N-ethyl adjacent to an activating group) is 1. The smallest absolute Gasteiger partial charge is 0.253 e. The standard InChI is InChI=1S/C34H43N5O2/c1-3-41-26-25-39-32-18-11-10-17-31(32)35-34(39)38-21-12-20-37(23-24-38)22-19-30(28-13-6-4-7-14-28)27-36(2)33(40)29-15-8-5-9-16-29/h4-11,13-18,30H,3,12,19-27H2,1-2H3. The molecule has 0 aliphatic carbocycles. The molecule has 0 bridgehead atoms. The fourth-order valence-corrected chi connectivity index (χ4v) is 5.86. The Morgan fingerprint density at radius 3 is 2.41 bits per heavy atom. The molecule has 1 amide bonds. The first kappa shape index (κ1) is 28.8. The Bertz CT molecular complexity index is 1370. The average Bonchev–Trinajstić information content (AvgIpc) is 3.21. The summed E-state index contributed by atoms with van der Waals surface area (Å²) in [6.07, 6.45) is 2.10. The summed E-state index contributed by atoms with van der Waals surface area (Å²) in [4.78, 5) is 25.1. The maximum Gasteiger partial charge on any atom is 0.253 e. The van der Waals surface area contributed by atoms with Crippen molar-refractivity contribution in [1.82, 2.24) is 19.4 Å². The molecular weight excluding hydrogens is 510 g/mol. The number of ether oxygens (including phenoxy) is 1. The van der Waals surface area contributed by atoms with Crippen LogP contribution in [0, 0.1) is 0 Å². The van der Waals surface area contributed by atoms with Crippen LogP contribution in [0.15, 0.2) is 84.9 Å². The second-order valence-electron chi connectivity index (χ2n) is 10.9. The van der Waals surface area contributed by atoms with Gasteiger partial charge in [0, 0.05) is 57.9 Å². The summed E-state index contributed by atoms with van der Waals surface area (Å²) in [5.74, 6) is 1.40. The second kappa shape index (κ2) is 14.3. The lowest BCUT2D eigenvalue weighted by atomic mass is 9.94. The number of hydrogen-bond acceptors (Lipinski definition) is 5. The second-order valence-corrected chi connectivity index (χ2v) is 10.9. The highest BCUT2D eigenvalue weighted by molar-refractivity contribution is 5.94. The van der Waals surface area contributed by atoms with Gasteiger partial charge < -0.3 is 24.0 Å². The van der Waals surface area contributed by atoms with E-state index in [9.17, 15) is 4.79 Å². The summed E-state index contributed by atoms with van der Waals surface area (Å²) in [6, 6.07) is 28.6. The van der Waals surface area contributed by atoms with Gasteiger partial charge in [-0.15, -0.1) is 0 Å². The van der Waals surface area contributed by atoms with E-state index in [4.69, 9.17) is 9.72 Å². The molecule has 0 N–H and O–H groups in total. The molecule has 0 radical (unpaired) electrons. The number of anilines is 1. The fourth-order valence-electron chi connectivity index (χ4n) is 5.86. The number of nitrogens with zero attached hydrogens (tertiary/aromatic N) is 5. The minimum atomic E-state index is 0.0733. The number of benzene rings is 3. The molecule has 0 spiro atoms. The summed E-state index contributed by atoms with van der Waals surface area (Å²) in [5, 5.41) is 0. The zero-order valence-corrected chi connectivity index (χ0v) is 24.5. The zero-order valence-electron chi connectivity index (χ0n) is 24.5. The van der Waals surface area contributed by atoms with Crippen LogP contribution in [0.25, 0.3) is 11.0 Å². The van der Waals surface area contributed by atoms with Gasteiger partial charge in [0.25, 0.3) is 5.91 Å². The van der Waals surface area contributed by atoms with Gasteiger partial charge in [0.2, 0.25) is 5.95 Å². The van der Waals surface area contributed by atoms with Gasteiger partial charge in [-0.25, -0.2) is 4.98 Å². The molecule has 1 unspecified atom stereocenters. The number of fused-ring (bicyclic) bond motifs is 1. The zero-order chi connectivity index (χ0) is 28.4. The Hall–Kier alpha value is -3.68. The third kappa shape index (κ3) is 7.34. The van der Waals surface area contributed by atoms with Crippen LogP contribution in [-0.2, 0) is 11.3 Å². The third-order valence-corrected chi connectivity index (χ3v) is 8.10. The summed E-state index contributed by atoms with van der Waals surface area (Å²) in [6.45, 7) is 9.95. The van der Waals surface area contributed by atoms with Gasteiger partial charge >= 0.3 is 0 Å². The lowest BCUT2D eigenvalue weighted by Gasteiger charge is -2.28. The predicted octanol–water partition coefficient (Wildman–Crippen LogP) is 5.53. The number of aromatic nitrogens is 2. The summed E-state index contributed by atoms with van der Waals surface area (Å²) in [7, 11) is 1.92. The molecule has 216 valence electrons. The number of para-hydroxylation sites is 2. The van der Waals surface area contributed by atoms with Crippen LogP contribution in [0.3, 0.4) is 0 Å². The monoisotopic (exact) mass is 553 g/mol. The Kier molecular flexibility index (Phi) is 10.0. The van der Waals surface area contributed by atoms with Crippen LogP contribution in [0.5, 0.6) is 0 Å². The van der Waals surface area contributed by atoms with Gasteiger partial charge in [-0.1, -0.05) is 60.7 Å². The van der Waals surface area contributed by atoms with Crippen molar-refractivity contribution in [3.05, 3.63) is 96.1 Å². The van der Waals surface area contributed by atoms with Gasteiger partial charge in [-0.05, 0) is 62.7 Å². The summed E-state index contributed by atoms with van der Waals surface area (Å²) in [5.41, 5.74) is 4.24. The molecule has 7 heteroatoms. The van der Waals surface area contributed by atoms with Gasteiger partial charge in [0.05, 0.1) is 17.6 Å². The molecule has 7 nitrogen and oxygen atoms in total. The van der Waals surface area contributed by atoms with E-state index in [0.29, 0.717) is 13.2 Å². The Balaban J connectivity index is 1.24. The van der Waals surface area contributed by atoms with Crippen molar-refractivity contribution < 1.29 is 9.53 Å². The average molecular weight is 554 g/mol. The maximum atomic E-state index is 13.1. The van der Waals surface area contributed by atoms with Crippen LogP contribution in [-0.4, -0.2) is 84.8 Å². The molecule has 1 aromatic heterocycles. The molecule has 1 saturated heterocycles. The number of hydrogen-bond donors (Lipinski definition) is 0. The minimum Gasteiger partial charge on any atom is -0.380 e. The van der Waals surface area contributed by atoms with Gasteiger partial charge in [0.15, 0.2) is 0 Å². The number of carbonyl (C=O) groups is 1. The predicted molar refractivity (Wildman–Crippen MR) is 167 cm³/mol. The lowest BCUT2D eigenvalue weighted by Crippen LogP contribution is -2.35. The van der Waals surface area contributed by atoms with Crippen molar-refractivity contribution >= 4 is 22.9 Å². The molecule has 1 fully saturated rings. The highest BCUT2D eigenvalue weighted by Gasteiger charge is 2.23. The minimum absolute atomic E-state index is 0.0733. The topological polar surface area (TPSA) is 53.8 Å². The maximum absolute atomic E-state index is 13.1. The van der Waals surface area contributed by atoms with Gasteiger partial charge in [-0.3, -0.25) is 4.79 Å². The molecule has 3 aromatic carbocycles. The number of rotatable bonds is 12. The third-order valence-electron chi connectivity index (χ3n) is 8.10. The first-order chi connectivity index (χ1) is 20.1. The van der Waals surface area contributed by atoms with E-state index in [1.165, 1.54) is 11.1 Å². The van der Waals surface area contributed by atoms with Crippen molar-refractivity contribution in [2.45, 2.75) is 32.2 Å². The Morgan fingerprint density at radius 2 is 1.63 bits per heavy atom. The Labute approximate surface area is 244 Å². The van der Waals surface area contributed by atoms with E-state index in [-0.39, 0.29) is 11.8 Å². The summed E-state index contributed by atoms with van der Waals surface area (Å²) >= 11 is 0. The molecule has 41 heavy (non-hydrogen) atoms. The molecule has 2 heterocycles. The van der Waals surface area contributed by atoms with Gasteiger partial charge in [-0.2, -0.15) is 0 Å². The molecule has 1 aliphatic rings. The SMILES string of the molecule is CCOCCn1c(N2CCCN(CCC(CN(C)C(=O)c3ccccc3)c3ccccc3)CC2)nc2ccccc21. The first-order valence-corrected chi connectivity index (χ1v) is 15.0. The van der Waals surface area contributed by atoms with Gasteiger partial charge in [0.1, 0.15) is 0 Å². The van der Waals surface area contributed by atoms with Crippen molar-refractivity contribution in [3.63, 3.8) is 0 Å². The van der Waals surface area contributed by atoms with E-state index in [1.54, 1.807) is 0 Å². The van der Waals surface area contributed by atoms with Crippen LogP contribution >= 0.6 is 0 Å². The van der Waals surface area contributed by atoms with Crippen molar-refractivity contribution in [2.24, 2.45) is 0 Å². The number of carbonyl (C=O) groups excluding carboxylic acids is 1. The summed E-state index contributed by atoms with van der Waals surface area (Å²) < 4.78 is 8.02. The molecule has 1 aliphatic heterocycles. The van der Waals surface area contributed by atoms with Crippen LogP contribution in [0.4, 0.5) is 5.95 Å². The Morgan fingerprint density at radius 1 is 0.902 bits per heavy atom. The largest absolute Gasteiger partial charge is 0.380 e. The molecule has 4 aromatic rings. The van der Waals surface area contributed by atoms with Crippen LogP contribution < -0.4 is 4.90 Å². The van der Waals surface area contributed by atoms with E-state index in [2.05, 4.69) is 69.0 Å². The van der Waals surface area contributed by atoms with E-state index in [0.717, 1.165) is 75.7 Å². The van der Waals surface area contributed by atoms with Crippen LogP contribution in [0.1, 0.15) is 41.6 Å². The van der Waals surface area contributed by atoms with E-state index in [1.807, 2.05) is 49.2 Å². The quantitative estimate of drug-likeness (QED) is 0.216. The van der Waals surface area contributed by atoms with Crippen molar-refractivity contribution in [3.8, 4) is 0 Å². The molecule has 1 atom stereocenters. The normalized spacial score (nSPS) is 15.1.